The molecule has 1 aliphatic rings. The summed E-state index contributed by atoms with van der Waals surface area (Å²) in [5, 5.41) is 6.19. The predicted octanol–water partition coefficient (Wildman–Crippen LogP) is 1.65. The lowest BCUT2D eigenvalue weighted by atomic mass is 10.0. The quantitative estimate of drug-likeness (QED) is 0.751. The van der Waals surface area contributed by atoms with Crippen LogP contribution in [0.25, 0.3) is 0 Å². The van der Waals surface area contributed by atoms with Crippen LogP contribution in [-0.4, -0.2) is 45.0 Å². The SMILES string of the molecule is COCCNCCNC(=O)C1CSc2ccccc21.Cl. The van der Waals surface area contributed by atoms with Crippen molar-refractivity contribution in [1.29, 1.82) is 0 Å². The van der Waals surface area contributed by atoms with Crippen molar-refractivity contribution in [1.82, 2.24) is 10.6 Å². The molecule has 20 heavy (non-hydrogen) atoms. The van der Waals surface area contributed by atoms with Crippen molar-refractivity contribution < 1.29 is 9.53 Å². The first kappa shape index (κ1) is 17.3. The van der Waals surface area contributed by atoms with Gasteiger partial charge < -0.3 is 15.4 Å². The number of carbonyl (C=O) groups is 1. The summed E-state index contributed by atoms with van der Waals surface area (Å²) in [4.78, 5) is 13.4. The van der Waals surface area contributed by atoms with Gasteiger partial charge in [0.25, 0.3) is 0 Å². The minimum Gasteiger partial charge on any atom is -0.383 e. The zero-order valence-electron chi connectivity index (χ0n) is 11.6. The molecular formula is C14H21ClN2O2S. The highest BCUT2D eigenvalue weighted by Crippen LogP contribution is 2.39. The third-order valence-electron chi connectivity index (χ3n) is 3.10. The average Bonchev–Trinajstić information content (AvgIpc) is 2.86. The van der Waals surface area contributed by atoms with Gasteiger partial charge in [-0.05, 0) is 11.6 Å². The van der Waals surface area contributed by atoms with Gasteiger partial charge in [0.1, 0.15) is 0 Å². The van der Waals surface area contributed by atoms with Crippen molar-refractivity contribution in [2.75, 3.05) is 39.1 Å². The van der Waals surface area contributed by atoms with Crippen LogP contribution in [0.2, 0.25) is 0 Å². The van der Waals surface area contributed by atoms with Crippen LogP contribution in [0, 0.1) is 0 Å². The second-order valence-corrected chi connectivity index (χ2v) is 5.50. The maximum atomic E-state index is 12.1. The van der Waals surface area contributed by atoms with Gasteiger partial charge in [0.15, 0.2) is 0 Å². The van der Waals surface area contributed by atoms with Crippen LogP contribution in [0.15, 0.2) is 29.2 Å². The maximum Gasteiger partial charge on any atom is 0.228 e. The van der Waals surface area contributed by atoms with Crippen molar-refractivity contribution in [2.24, 2.45) is 0 Å². The van der Waals surface area contributed by atoms with Gasteiger partial charge in [0.2, 0.25) is 5.91 Å². The molecule has 1 aromatic carbocycles. The van der Waals surface area contributed by atoms with E-state index >= 15 is 0 Å². The number of rotatable bonds is 7. The van der Waals surface area contributed by atoms with Gasteiger partial charge in [-0.25, -0.2) is 0 Å². The Morgan fingerprint density at radius 1 is 1.35 bits per heavy atom. The monoisotopic (exact) mass is 316 g/mol. The first-order chi connectivity index (χ1) is 9.33. The molecule has 0 fully saturated rings. The number of carbonyl (C=O) groups excluding carboxylic acids is 1. The van der Waals surface area contributed by atoms with Gasteiger partial charge in [0.05, 0.1) is 12.5 Å². The van der Waals surface area contributed by atoms with E-state index in [0.717, 1.165) is 24.4 Å². The Morgan fingerprint density at radius 2 is 2.15 bits per heavy atom. The molecule has 0 saturated heterocycles. The molecular weight excluding hydrogens is 296 g/mol. The number of methoxy groups -OCH3 is 1. The lowest BCUT2D eigenvalue weighted by Gasteiger charge is -2.12. The molecule has 0 bridgehead atoms. The van der Waals surface area contributed by atoms with Crippen LogP contribution < -0.4 is 10.6 Å². The van der Waals surface area contributed by atoms with E-state index in [1.807, 2.05) is 12.1 Å². The molecule has 1 amide bonds. The molecule has 0 radical (unpaired) electrons. The van der Waals surface area contributed by atoms with E-state index in [9.17, 15) is 4.79 Å². The number of halogens is 1. The highest BCUT2D eigenvalue weighted by atomic mass is 35.5. The minimum atomic E-state index is 0. The number of amides is 1. The Labute approximate surface area is 130 Å². The number of benzene rings is 1. The summed E-state index contributed by atoms with van der Waals surface area (Å²) in [7, 11) is 1.68. The van der Waals surface area contributed by atoms with Gasteiger partial charge in [-0.15, -0.1) is 24.2 Å². The summed E-state index contributed by atoms with van der Waals surface area (Å²) in [6.45, 7) is 2.94. The zero-order chi connectivity index (χ0) is 13.5. The Balaban J connectivity index is 0.00000200. The fourth-order valence-corrected chi connectivity index (χ4v) is 3.31. The van der Waals surface area contributed by atoms with Crippen molar-refractivity contribution >= 4 is 30.1 Å². The lowest BCUT2D eigenvalue weighted by molar-refractivity contribution is -0.122. The van der Waals surface area contributed by atoms with E-state index in [4.69, 9.17) is 4.74 Å². The molecule has 1 unspecified atom stereocenters. The van der Waals surface area contributed by atoms with Crippen molar-refractivity contribution in [3.8, 4) is 0 Å². The van der Waals surface area contributed by atoms with Crippen molar-refractivity contribution in [3.63, 3.8) is 0 Å². The van der Waals surface area contributed by atoms with Gasteiger partial charge in [-0.1, -0.05) is 18.2 Å². The van der Waals surface area contributed by atoms with Crippen LogP contribution in [0.5, 0.6) is 0 Å². The third-order valence-corrected chi connectivity index (χ3v) is 4.28. The summed E-state index contributed by atoms with van der Waals surface area (Å²) >= 11 is 1.76. The minimum absolute atomic E-state index is 0. The summed E-state index contributed by atoms with van der Waals surface area (Å²) in [6, 6.07) is 8.15. The highest BCUT2D eigenvalue weighted by molar-refractivity contribution is 7.99. The largest absolute Gasteiger partial charge is 0.383 e. The molecule has 0 aromatic heterocycles. The molecule has 6 heteroatoms. The van der Waals surface area contributed by atoms with Crippen molar-refractivity contribution in [2.45, 2.75) is 10.8 Å². The summed E-state index contributed by atoms with van der Waals surface area (Å²) < 4.78 is 4.94. The van der Waals surface area contributed by atoms with Crippen molar-refractivity contribution in [3.05, 3.63) is 29.8 Å². The summed E-state index contributed by atoms with van der Waals surface area (Å²) in [5.74, 6) is 0.980. The van der Waals surface area contributed by atoms with E-state index in [1.54, 1.807) is 18.9 Å². The lowest BCUT2D eigenvalue weighted by Crippen LogP contribution is -2.35. The van der Waals surface area contributed by atoms with Gasteiger partial charge >= 0.3 is 0 Å². The van der Waals surface area contributed by atoms with Crippen LogP contribution in [0.1, 0.15) is 11.5 Å². The van der Waals surface area contributed by atoms with Crippen LogP contribution in [0.3, 0.4) is 0 Å². The second-order valence-electron chi connectivity index (χ2n) is 4.44. The summed E-state index contributed by atoms with van der Waals surface area (Å²) in [6.07, 6.45) is 0. The molecule has 1 heterocycles. The Kier molecular flexibility index (Phi) is 7.99. The molecule has 112 valence electrons. The normalized spacial score (nSPS) is 16.4. The number of nitrogens with one attached hydrogen (secondary N) is 2. The molecule has 2 rings (SSSR count). The van der Waals surface area contributed by atoms with Gasteiger partial charge in [-0.3, -0.25) is 4.79 Å². The first-order valence-electron chi connectivity index (χ1n) is 6.52. The van der Waals surface area contributed by atoms with Crippen LogP contribution >= 0.6 is 24.2 Å². The fourth-order valence-electron chi connectivity index (χ4n) is 2.08. The number of fused-ring (bicyclic) bond motifs is 1. The van der Waals surface area contributed by atoms with E-state index in [2.05, 4.69) is 22.8 Å². The van der Waals surface area contributed by atoms with Gasteiger partial charge in [-0.2, -0.15) is 0 Å². The molecule has 1 aliphatic heterocycles. The van der Waals surface area contributed by atoms with Gasteiger partial charge in [0, 0.05) is 37.4 Å². The maximum absolute atomic E-state index is 12.1. The molecule has 4 nitrogen and oxygen atoms in total. The molecule has 1 aromatic rings. The predicted molar refractivity (Wildman–Crippen MR) is 84.9 cm³/mol. The topological polar surface area (TPSA) is 50.4 Å². The van der Waals surface area contributed by atoms with Crippen LogP contribution in [0.4, 0.5) is 0 Å². The highest BCUT2D eigenvalue weighted by Gasteiger charge is 2.28. The second kappa shape index (κ2) is 9.23. The number of ether oxygens (including phenoxy) is 1. The molecule has 0 saturated carbocycles. The third kappa shape index (κ3) is 4.66. The molecule has 2 N–H and O–H groups in total. The summed E-state index contributed by atoms with van der Waals surface area (Å²) in [5.41, 5.74) is 1.16. The zero-order valence-corrected chi connectivity index (χ0v) is 13.2. The number of hydrogen-bond donors (Lipinski definition) is 2. The first-order valence-corrected chi connectivity index (χ1v) is 7.50. The smallest absolute Gasteiger partial charge is 0.228 e. The molecule has 0 aliphatic carbocycles. The molecule has 0 spiro atoms. The fraction of sp³-hybridized carbons (Fsp3) is 0.500. The van der Waals surface area contributed by atoms with E-state index in [1.165, 1.54) is 4.90 Å². The van der Waals surface area contributed by atoms with E-state index in [0.29, 0.717) is 13.2 Å². The van der Waals surface area contributed by atoms with Crippen LogP contribution in [-0.2, 0) is 9.53 Å². The number of thioether (sulfide) groups is 1. The average molecular weight is 317 g/mol. The van der Waals surface area contributed by atoms with E-state index in [-0.39, 0.29) is 24.2 Å². The Hall–Kier alpha value is -0.750. The van der Waals surface area contributed by atoms with E-state index < -0.39 is 0 Å². The Bertz CT molecular complexity index is 431. The molecule has 1 atom stereocenters. The Morgan fingerprint density at radius 3 is 2.95 bits per heavy atom. The standard InChI is InChI=1S/C14H20N2O2S.ClH/c1-18-9-8-15-6-7-16-14(17)12-10-19-13-5-3-2-4-11(12)13;/h2-5,12,15H,6-10H2,1H3,(H,16,17);1H. The number of hydrogen-bond acceptors (Lipinski definition) is 4.